The first-order chi connectivity index (χ1) is 13.8. The minimum atomic E-state index is -0.740. The van der Waals surface area contributed by atoms with Gasteiger partial charge in [-0.25, -0.2) is 0 Å². The Morgan fingerprint density at radius 2 is 1.86 bits per heavy atom. The highest BCUT2D eigenvalue weighted by molar-refractivity contribution is 14.1. The van der Waals surface area contributed by atoms with Crippen LogP contribution in [-0.4, -0.2) is 32.2 Å². The van der Waals surface area contributed by atoms with E-state index in [0.29, 0.717) is 17.1 Å². The number of non-ortho nitro benzene ring substituents is 1. The molecule has 0 aromatic heterocycles. The van der Waals surface area contributed by atoms with E-state index in [1.54, 1.807) is 12.1 Å². The molecule has 0 aliphatic rings. The topological polar surface area (TPSA) is 124 Å². The first-order valence-electron chi connectivity index (χ1n) is 8.01. The number of carbonyl (C=O) groups excluding carboxylic acids is 1. The van der Waals surface area contributed by atoms with E-state index in [1.807, 2.05) is 6.07 Å². The van der Waals surface area contributed by atoms with Crippen LogP contribution in [0.25, 0.3) is 6.08 Å². The zero-order valence-corrected chi connectivity index (χ0v) is 17.8. The Labute approximate surface area is 180 Å². The van der Waals surface area contributed by atoms with Gasteiger partial charge in [0.15, 0.2) is 11.5 Å². The molecule has 0 radical (unpaired) electrons. The van der Waals surface area contributed by atoms with Crippen LogP contribution in [-0.2, 0) is 4.79 Å². The van der Waals surface area contributed by atoms with Crippen LogP contribution < -0.4 is 19.5 Å². The van der Waals surface area contributed by atoms with E-state index in [9.17, 15) is 20.2 Å². The second kappa shape index (κ2) is 9.74. The summed E-state index contributed by atoms with van der Waals surface area (Å²) < 4.78 is 16.4. The maximum atomic E-state index is 12.6. The maximum Gasteiger partial charge on any atom is 0.271 e. The number of hydrogen-bond acceptors (Lipinski definition) is 7. The molecular weight excluding hydrogens is 493 g/mol. The molecule has 0 unspecified atom stereocenters. The van der Waals surface area contributed by atoms with Gasteiger partial charge in [0.25, 0.3) is 11.6 Å². The molecule has 10 heteroatoms. The van der Waals surface area contributed by atoms with Crippen molar-refractivity contribution in [3.05, 3.63) is 55.2 Å². The summed E-state index contributed by atoms with van der Waals surface area (Å²) in [5.74, 6) is 0.469. The fourth-order valence-electron chi connectivity index (χ4n) is 2.43. The normalized spacial score (nSPS) is 10.7. The van der Waals surface area contributed by atoms with E-state index in [2.05, 4.69) is 27.9 Å². The van der Waals surface area contributed by atoms with E-state index in [1.165, 1.54) is 39.5 Å². The third kappa shape index (κ3) is 5.14. The molecule has 0 heterocycles. The average Bonchev–Trinajstić information content (AvgIpc) is 2.71. The summed E-state index contributed by atoms with van der Waals surface area (Å²) in [6, 6.07) is 8.95. The number of halogens is 1. The lowest BCUT2D eigenvalue weighted by Crippen LogP contribution is -2.14. The second-order valence-corrected chi connectivity index (χ2v) is 6.67. The van der Waals surface area contributed by atoms with Crippen LogP contribution in [0.3, 0.4) is 0 Å². The quantitative estimate of drug-likeness (QED) is 0.198. The summed E-state index contributed by atoms with van der Waals surface area (Å²) in [4.78, 5) is 23.0. The summed E-state index contributed by atoms with van der Waals surface area (Å²) in [5.41, 5.74) is 0.194. The summed E-state index contributed by atoms with van der Waals surface area (Å²) in [7, 11) is 4.35. The zero-order chi connectivity index (χ0) is 21.6. The van der Waals surface area contributed by atoms with Gasteiger partial charge in [-0.15, -0.1) is 0 Å². The Hall–Kier alpha value is -3.33. The molecule has 0 saturated heterocycles. The second-order valence-electron chi connectivity index (χ2n) is 5.50. The molecule has 0 aliphatic carbocycles. The summed E-state index contributed by atoms with van der Waals surface area (Å²) in [5, 5.41) is 22.9. The van der Waals surface area contributed by atoms with Crippen molar-refractivity contribution in [2.75, 3.05) is 26.6 Å². The largest absolute Gasteiger partial charge is 0.495 e. The third-order valence-electron chi connectivity index (χ3n) is 3.77. The Balaban J connectivity index is 2.40. The molecule has 150 valence electrons. The van der Waals surface area contributed by atoms with Crippen LogP contribution in [0.5, 0.6) is 17.2 Å². The van der Waals surface area contributed by atoms with Crippen LogP contribution in [0.2, 0.25) is 0 Å². The van der Waals surface area contributed by atoms with Crippen molar-refractivity contribution in [1.82, 2.24) is 0 Å². The number of anilines is 1. The van der Waals surface area contributed by atoms with E-state index in [4.69, 9.17) is 14.2 Å². The van der Waals surface area contributed by atoms with Crippen molar-refractivity contribution in [3.8, 4) is 23.3 Å². The number of benzene rings is 2. The Morgan fingerprint density at radius 1 is 1.17 bits per heavy atom. The van der Waals surface area contributed by atoms with Crippen LogP contribution in [0.15, 0.2) is 35.9 Å². The van der Waals surface area contributed by atoms with E-state index < -0.39 is 10.8 Å². The van der Waals surface area contributed by atoms with E-state index in [-0.39, 0.29) is 22.7 Å². The van der Waals surface area contributed by atoms with E-state index >= 15 is 0 Å². The molecule has 2 aromatic rings. The molecule has 0 bridgehead atoms. The number of ether oxygens (including phenoxy) is 3. The highest BCUT2D eigenvalue weighted by Gasteiger charge is 2.17. The SMILES string of the molecule is COc1ccc([N+](=O)[O-])cc1NC(=O)/C(C#N)=C/c1cc(I)c(OC)c(OC)c1. The molecular formula is C19H16IN3O6. The summed E-state index contributed by atoms with van der Waals surface area (Å²) in [6.07, 6.45) is 1.38. The van der Waals surface area contributed by atoms with Gasteiger partial charge >= 0.3 is 0 Å². The maximum absolute atomic E-state index is 12.6. The van der Waals surface area contributed by atoms with Gasteiger partial charge in [-0.2, -0.15) is 5.26 Å². The van der Waals surface area contributed by atoms with Crippen molar-refractivity contribution in [3.63, 3.8) is 0 Å². The molecule has 1 amide bonds. The lowest BCUT2D eigenvalue weighted by molar-refractivity contribution is -0.384. The monoisotopic (exact) mass is 509 g/mol. The molecule has 0 aliphatic heterocycles. The lowest BCUT2D eigenvalue weighted by Gasteiger charge is -2.11. The van der Waals surface area contributed by atoms with E-state index in [0.717, 1.165) is 9.64 Å². The Bertz CT molecular complexity index is 1030. The van der Waals surface area contributed by atoms with Crippen molar-refractivity contribution in [2.45, 2.75) is 0 Å². The van der Waals surface area contributed by atoms with Gasteiger partial charge in [0.2, 0.25) is 0 Å². The fraction of sp³-hybridized carbons (Fsp3) is 0.158. The van der Waals surface area contributed by atoms with Crippen LogP contribution in [0.4, 0.5) is 11.4 Å². The molecule has 9 nitrogen and oxygen atoms in total. The summed E-state index contributed by atoms with van der Waals surface area (Å²) in [6.45, 7) is 0. The first kappa shape index (κ1) is 22.0. The molecule has 0 saturated carbocycles. The van der Waals surface area contributed by atoms with Crippen LogP contribution in [0, 0.1) is 25.0 Å². The number of nitro groups is 1. The van der Waals surface area contributed by atoms with Gasteiger partial charge in [-0.3, -0.25) is 14.9 Å². The first-order valence-corrected chi connectivity index (χ1v) is 9.09. The number of nitrogens with one attached hydrogen (secondary N) is 1. The predicted octanol–water partition coefficient (Wildman–Crippen LogP) is 3.77. The number of carbonyl (C=O) groups is 1. The zero-order valence-electron chi connectivity index (χ0n) is 15.7. The van der Waals surface area contributed by atoms with Crippen molar-refractivity contribution >= 4 is 45.9 Å². The summed E-state index contributed by atoms with van der Waals surface area (Å²) >= 11 is 2.05. The number of nitro benzene ring substituents is 1. The Kier molecular flexibility index (Phi) is 7.38. The van der Waals surface area contributed by atoms with Gasteiger partial charge in [0.1, 0.15) is 17.4 Å². The number of methoxy groups -OCH3 is 3. The minimum Gasteiger partial charge on any atom is -0.495 e. The number of nitrogens with zero attached hydrogens (tertiary/aromatic N) is 2. The Morgan fingerprint density at radius 3 is 2.41 bits per heavy atom. The van der Waals surface area contributed by atoms with Crippen LogP contribution in [0.1, 0.15) is 5.56 Å². The van der Waals surface area contributed by atoms with Crippen molar-refractivity contribution < 1.29 is 23.9 Å². The molecule has 2 aromatic carbocycles. The number of amides is 1. The number of hydrogen-bond donors (Lipinski definition) is 1. The number of nitriles is 1. The van der Waals surface area contributed by atoms with Crippen molar-refractivity contribution in [2.24, 2.45) is 0 Å². The molecule has 0 fully saturated rings. The standard InChI is InChI=1S/C19H16IN3O6/c1-27-16-5-4-13(23(25)26)9-15(16)22-19(24)12(10-21)6-11-7-14(20)18(29-3)17(8-11)28-2/h4-9H,1-3H3,(H,22,24)/b12-6+. The molecule has 0 spiro atoms. The van der Waals surface area contributed by atoms with Gasteiger partial charge in [0.05, 0.1) is 35.5 Å². The smallest absolute Gasteiger partial charge is 0.271 e. The molecule has 29 heavy (non-hydrogen) atoms. The van der Waals surface area contributed by atoms with Gasteiger partial charge in [-0.05, 0) is 52.4 Å². The van der Waals surface area contributed by atoms with Gasteiger partial charge in [-0.1, -0.05) is 0 Å². The van der Waals surface area contributed by atoms with Crippen molar-refractivity contribution in [1.29, 1.82) is 5.26 Å². The number of rotatable bonds is 7. The molecule has 0 atom stereocenters. The predicted molar refractivity (Wildman–Crippen MR) is 114 cm³/mol. The minimum absolute atomic E-state index is 0.0785. The average molecular weight is 509 g/mol. The molecule has 1 N–H and O–H groups in total. The lowest BCUT2D eigenvalue weighted by atomic mass is 10.1. The third-order valence-corrected chi connectivity index (χ3v) is 4.58. The van der Waals surface area contributed by atoms with Crippen LogP contribution >= 0.6 is 22.6 Å². The highest BCUT2D eigenvalue weighted by atomic mass is 127. The molecule has 2 rings (SSSR count). The van der Waals surface area contributed by atoms with Gasteiger partial charge < -0.3 is 19.5 Å². The highest BCUT2D eigenvalue weighted by Crippen LogP contribution is 2.34. The van der Waals surface area contributed by atoms with Gasteiger partial charge in [0, 0.05) is 12.1 Å². The fourth-order valence-corrected chi connectivity index (χ4v) is 3.28.